The van der Waals surface area contributed by atoms with Crippen LogP contribution in [0.5, 0.6) is 0 Å². The Morgan fingerprint density at radius 1 is 1.59 bits per heavy atom. The first-order valence-electron chi connectivity index (χ1n) is 6.30. The van der Waals surface area contributed by atoms with Crippen molar-refractivity contribution in [2.75, 3.05) is 7.05 Å². The van der Waals surface area contributed by atoms with Crippen molar-refractivity contribution in [1.29, 1.82) is 0 Å². The van der Waals surface area contributed by atoms with Gasteiger partial charge in [-0.2, -0.15) is 5.10 Å². The van der Waals surface area contributed by atoms with E-state index in [1.54, 1.807) is 0 Å². The van der Waals surface area contributed by atoms with Crippen LogP contribution in [0.25, 0.3) is 0 Å². The fraction of sp³-hybridized carbons (Fsp3) is 0.769. The number of hydrogen-bond donors (Lipinski definition) is 1. The van der Waals surface area contributed by atoms with Crippen molar-refractivity contribution >= 4 is 11.6 Å². The Labute approximate surface area is 109 Å². The van der Waals surface area contributed by atoms with Gasteiger partial charge in [-0.05, 0) is 45.1 Å². The van der Waals surface area contributed by atoms with Crippen LogP contribution in [0.1, 0.15) is 37.6 Å². The van der Waals surface area contributed by atoms with Gasteiger partial charge in [-0.15, -0.1) is 0 Å². The molecule has 1 aliphatic rings. The lowest BCUT2D eigenvalue weighted by molar-refractivity contribution is 0.316. The second-order valence-corrected chi connectivity index (χ2v) is 6.06. The first-order chi connectivity index (χ1) is 7.95. The Bertz CT molecular complexity index is 413. The Balaban J connectivity index is 2.16. The molecule has 0 saturated heterocycles. The number of hydrogen-bond acceptors (Lipinski definition) is 2. The molecule has 1 fully saturated rings. The monoisotopic (exact) mass is 255 g/mol. The van der Waals surface area contributed by atoms with E-state index in [1.807, 2.05) is 18.7 Å². The third kappa shape index (κ3) is 2.50. The predicted octanol–water partition coefficient (Wildman–Crippen LogP) is 2.70. The van der Waals surface area contributed by atoms with Crippen molar-refractivity contribution in [3.05, 3.63) is 16.4 Å². The molecule has 1 saturated carbocycles. The molecule has 96 valence electrons. The van der Waals surface area contributed by atoms with E-state index >= 15 is 0 Å². The van der Waals surface area contributed by atoms with Gasteiger partial charge in [0.15, 0.2) is 0 Å². The molecular formula is C13H22ClN3. The van der Waals surface area contributed by atoms with E-state index in [0.717, 1.165) is 17.1 Å². The van der Waals surface area contributed by atoms with E-state index in [-0.39, 0.29) is 0 Å². The summed E-state index contributed by atoms with van der Waals surface area (Å²) in [6, 6.07) is 0.660. The van der Waals surface area contributed by atoms with Crippen LogP contribution in [0.3, 0.4) is 0 Å². The lowest BCUT2D eigenvalue weighted by Crippen LogP contribution is -2.25. The lowest BCUT2D eigenvalue weighted by Gasteiger charge is -2.24. The van der Waals surface area contributed by atoms with E-state index in [4.69, 9.17) is 11.6 Å². The minimum atomic E-state index is 0.359. The molecule has 0 amide bonds. The summed E-state index contributed by atoms with van der Waals surface area (Å²) in [4.78, 5) is 0. The molecule has 0 spiro atoms. The van der Waals surface area contributed by atoms with Crippen molar-refractivity contribution < 1.29 is 0 Å². The number of rotatable bonds is 3. The van der Waals surface area contributed by atoms with Crippen molar-refractivity contribution in [1.82, 2.24) is 15.1 Å². The van der Waals surface area contributed by atoms with Gasteiger partial charge < -0.3 is 5.32 Å². The van der Waals surface area contributed by atoms with E-state index in [9.17, 15) is 0 Å². The molecule has 0 aliphatic heterocycles. The summed E-state index contributed by atoms with van der Waals surface area (Å²) < 4.78 is 1.94. The van der Waals surface area contributed by atoms with Crippen molar-refractivity contribution in [2.45, 2.75) is 45.6 Å². The maximum absolute atomic E-state index is 6.33. The zero-order chi connectivity index (χ0) is 12.6. The third-order valence-corrected chi connectivity index (χ3v) is 4.59. The van der Waals surface area contributed by atoms with Crippen LogP contribution in [-0.2, 0) is 13.5 Å². The number of halogens is 1. The van der Waals surface area contributed by atoms with Gasteiger partial charge in [0.2, 0.25) is 0 Å². The molecule has 1 heterocycles. The van der Waals surface area contributed by atoms with Crippen molar-refractivity contribution in [3.63, 3.8) is 0 Å². The quantitative estimate of drug-likeness (QED) is 0.900. The Hall–Kier alpha value is -0.540. The van der Waals surface area contributed by atoms with E-state index < -0.39 is 0 Å². The van der Waals surface area contributed by atoms with Crippen LogP contribution in [0.2, 0.25) is 5.02 Å². The molecule has 17 heavy (non-hydrogen) atoms. The Morgan fingerprint density at radius 2 is 2.29 bits per heavy atom. The largest absolute Gasteiger partial charge is 0.317 e. The molecule has 0 radical (unpaired) electrons. The highest BCUT2D eigenvalue weighted by Gasteiger charge is 2.35. The summed E-state index contributed by atoms with van der Waals surface area (Å²) >= 11 is 6.33. The normalized spacial score (nSPS) is 28.9. The summed E-state index contributed by atoms with van der Waals surface area (Å²) in [5, 5.41) is 8.62. The number of aryl methyl sites for hydroxylation is 2. The van der Waals surface area contributed by atoms with E-state index in [2.05, 4.69) is 24.4 Å². The highest BCUT2D eigenvalue weighted by Crippen LogP contribution is 2.41. The fourth-order valence-corrected chi connectivity index (χ4v) is 3.23. The topological polar surface area (TPSA) is 29.9 Å². The number of nitrogens with zero attached hydrogens (tertiary/aromatic N) is 2. The molecular weight excluding hydrogens is 234 g/mol. The Morgan fingerprint density at radius 3 is 2.76 bits per heavy atom. The van der Waals surface area contributed by atoms with E-state index in [0.29, 0.717) is 11.5 Å². The van der Waals surface area contributed by atoms with Gasteiger partial charge in [-0.3, -0.25) is 4.68 Å². The second-order valence-electron chi connectivity index (χ2n) is 5.69. The number of nitrogens with one attached hydrogen (secondary N) is 1. The van der Waals surface area contributed by atoms with Crippen LogP contribution in [0.4, 0.5) is 0 Å². The molecule has 2 unspecified atom stereocenters. The van der Waals surface area contributed by atoms with Gasteiger partial charge in [0.1, 0.15) is 0 Å². The summed E-state index contributed by atoms with van der Waals surface area (Å²) in [5.74, 6) is 0. The van der Waals surface area contributed by atoms with Crippen LogP contribution in [0.15, 0.2) is 0 Å². The maximum Gasteiger partial charge on any atom is 0.0847 e. The van der Waals surface area contributed by atoms with Gasteiger partial charge >= 0.3 is 0 Å². The van der Waals surface area contributed by atoms with E-state index in [1.165, 1.54) is 25.0 Å². The summed E-state index contributed by atoms with van der Waals surface area (Å²) in [6.07, 6.45) is 4.78. The zero-order valence-corrected chi connectivity index (χ0v) is 11.9. The molecule has 0 bridgehead atoms. The summed E-state index contributed by atoms with van der Waals surface area (Å²) in [6.45, 7) is 4.34. The number of aromatic nitrogens is 2. The average molecular weight is 256 g/mol. The molecule has 2 atom stereocenters. The van der Waals surface area contributed by atoms with Gasteiger partial charge in [0.05, 0.1) is 16.4 Å². The fourth-order valence-electron chi connectivity index (χ4n) is 3.01. The highest BCUT2D eigenvalue weighted by molar-refractivity contribution is 6.31. The molecule has 1 aromatic heterocycles. The van der Waals surface area contributed by atoms with Gasteiger partial charge in [0.25, 0.3) is 0 Å². The minimum Gasteiger partial charge on any atom is -0.317 e. The van der Waals surface area contributed by atoms with Crippen LogP contribution < -0.4 is 5.32 Å². The first-order valence-corrected chi connectivity index (χ1v) is 6.68. The maximum atomic E-state index is 6.33. The Kier molecular flexibility index (Phi) is 3.50. The lowest BCUT2D eigenvalue weighted by atomic mass is 9.83. The smallest absolute Gasteiger partial charge is 0.0847 e. The molecule has 1 aliphatic carbocycles. The molecule has 1 aromatic rings. The third-order valence-electron chi connectivity index (χ3n) is 4.10. The first kappa shape index (κ1) is 12.9. The summed E-state index contributed by atoms with van der Waals surface area (Å²) in [5.41, 5.74) is 2.48. The van der Waals surface area contributed by atoms with Crippen LogP contribution in [-0.4, -0.2) is 22.9 Å². The SMILES string of the molecule is CNC1CCC(C)(Cc2c(Cl)c(C)nn2C)C1. The average Bonchev–Trinajstić information content (AvgIpc) is 2.76. The molecule has 3 nitrogen and oxygen atoms in total. The second kappa shape index (κ2) is 4.62. The van der Waals surface area contributed by atoms with Crippen LogP contribution in [0, 0.1) is 12.3 Å². The molecule has 1 N–H and O–H groups in total. The van der Waals surface area contributed by atoms with Crippen molar-refractivity contribution in [3.8, 4) is 0 Å². The summed E-state index contributed by atoms with van der Waals surface area (Å²) in [7, 11) is 4.04. The van der Waals surface area contributed by atoms with Gasteiger partial charge in [-0.25, -0.2) is 0 Å². The predicted molar refractivity (Wildman–Crippen MR) is 71.5 cm³/mol. The highest BCUT2D eigenvalue weighted by atomic mass is 35.5. The van der Waals surface area contributed by atoms with Crippen molar-refractivity contribution in [2.24, 2.45) is 12.5 Å². The standard InChI is InChI=1S/C13H22ClN3/c1-9-12(14)11(17(4)16-9)8-13(2)6-5-10(7-13)15-3/h10,15H,5-8H2,1-4H3. The molecule has 0 aromatic carbocycles. The van der Waals surface area contributed by atoms with Gasteiger partial charge in [-0.1, -0.05) is 18.5 Å². The molecule has 2 rings (SSSR count). The molecule has 4 heteroatoms. The zero-order valence-electron chi connectivity index (χ0n) is 11.2. The van der Waals surface area contributed by atoms with Crippen LogP contribution >= 0.6 is 11.6 Å². The van der Waals surface area contributed by atoms with Gasteiger partial charge in [0, 0.05) is 13.1 Å². The minimum absolute atomic E-state index is 0.359.